The maximum Gasteiger partial charge on any atom is 0.198 e. The molecule has 0 aliphatic heterocycles. The number of halogens is 1. The van der Waals surface area contributed by atoms with Crippen molar-refractivity contribution < 1.29 is 9.53 Å². The van der Waals surface area contributed by atoms with Gasteiger partial charge in [-0.2, -0.15) is 0 Å². The second kappa shape index (κ2) is 6.49. The second-order valence-electron chi connectivity index (χ2n) is 3.96. The molecular weight excluding hydrogens is 298 g/mol. The molecule has 0 aliphatic rings. The fourth-order valence-electron chi connectivity index (χ4n) is 1.65. The number of rotatable bonds is 5. The lowest BCUT2D eigenvalue weighted by molar-refractivity contribution is 0.112. The lowest BCUT2D eigenvalue weighted by atomic mass is 10.2. The van der Waals surface area contributed by atoms with Crippen LogP contribution >= 0.6 is 23.8 Å². The number of carbonyl (C=O) groups excluding carboxylic acids is 1. The van der Waals surface area contributed by atoms with Gasteiger partial charge in [0.15, 0.2) is 11.1 Å². The fourth-order valence-corrected chi connectivity index (χ4v) is 2.09. The van der Waals surface area contributed by atoms with Crippen molar-refractivity contribution in [1.82, 2.24) is 9.97 Å². The van der Waals surface area contributed by atoms with E-state index in [0.29, 0.717) is 39.8 Å². The predicted molar refractivity (Wildman–Crippen MR) is 80.1 cm³/mol. The average Bonchev–Trinajstić information content (AvgIpc) is 2.45. The molecule has 0 aliphatic carbocycles. The number of aldehydes is 1. The van der Waals surface area contributed by atoms with Crippen molar-refractivity contribution in [2.24, 2.45) is 0 Å². The summed E-state index contributed by atoms with van der Waals surface area (Å²) in [6, 6.07) is 5.46. The molecule has 2 aromatic rings. The molecule has 0 saturated carbocycles. The molecule has 0 radical (unpaired) electrons. The summed E-state index contributed by atoms with van der Waals surface area (Å²) in [5.74, 6) is 1.15. The molecule has 0 fully saturated rings. The van der Waals surface area contributed by atoms with Crippen molar-refractivity contribution in [2.75, 3.05) is 12.4 Å². The van der Waals surface area contributed by atoms with E-state index in [4.69, 9.17) is 28.6 Å². The van der Waals surface area contributed by atoms with Crippen LogP contribution in [0.15, 0.2) is 24.4 Å². The standard InChI is InChI=1S/C13H12ClN3O2S/c1-19-11-3-2-8(4-10(11)14)5-15-12-9(7-18)6-16-13(20)17-12/h2-4,6-7H,5H2,1H3,(H2,15,16,17,20). The van der Waals surface area contributed by atoms with Crippen LogP contribution in [0.1, 0.15) is 15.9 Å². The molecular formula is C13H12ClN3O2S. The van der Waals surface area contributed by atoms with E-state index >= 15 is 0 Å². The van der Waals surface area contributed by atoms with Crippen molar-refractivity contribution in [2.45, 2.75) is 6.54 Å². The van der Waals surface area contributed by atoms with Gasteiger partial charge in [-0.05, 0) is 29.9 Å². The van der Waals surface area contributed by atoms with E-state index in [1.165, 1.54) is 6.20 Å². The fraction of sp³-hybridized carbons (Fsp3) is 0.154. The summed E-state index contributed by atoms with van der Waals surface area (Å²) in [5, 5.41) is 3.63. The normalized spacial score (nSPS) is 10.1. The summed E-state index contributed by atoms with van der Waals surface area (Å²) in [6.45, 7) is 0.486. The van der Waals surface area contributed by atoms with Gasteiger partial charge in [-0.15, -0.1) is 0 Å². The number of H-pyrrole nitrogens is 1. The third kappa shape index (κ3) is 3.34. The Hall–Kier alpha value is -1.92. The van der Waals surface area contributed by atoms with E-state index < -0.39 is 0 Å². The van der Waals surface area contributed by atoms with E-state index in [9.17, 15) is 4.79 Å². The number of aromatic amines is 1. The number of hydrogen-bond donors (Lipinski definition) is 2. The van der Waals surface area contributed by atoms with Gasteiger partial charge in [0.1, 0.15) is 11.6 Å². The number of nitrogens with zero attached hydrogens (tertiary/aromatic N) is 1. The molecule has 0 spiro atoms. The van der Waals surface area contributed by atoms with E-state index in [2.05, 4.69) is 15.3 Å². The first-order valence-electron chi connectivity index (χ1n) is 5.75. The van der Waals surface area contributed by atoms with Crippen LogP contribution in [0.3, 0.4) is 0 Å². The lowest BCUT2D eigenvalue weighted by Gasteiger charge is -2.10. The molecule has 104 valence electrons. The maximum atomic E-state index is 10.9. The zero-order valence-corrected chi connectivity index (χ0v) is 12.2. The van der Waals surface area contributed by atoms with Gasteiger partial charge < -0.3 is 15.0 Å². The molecule has 0 bridgehead atoms. The zero-order chi connectivity index (χ0) is 14.5. The van der Waals surface area contributed by atoms with Gasteiger partial charge in [0.05, 0.1) is 17.7 Å². The average molecular weight is 310 g/mol. The number of aromatic nitrogens is 2. The minimum atomic E-state index is 0.311. The minimum absolute atomic E-state index is 0.311. The molecule has 2 rings (SSSR count). The summed E-state index contributed by atoms with van der Waals surface area (Å²) in [7, 11) is 1.56. The predicted octanol–water partition coefficient (Wildman–Crippen LogP) is 3.23. The minimum Gasteiger partial charge on any atom is -0.495 e. The number of hydrogen-bond acceptors (Lipinski definition) is 5. The van der Waals surface area contributed by atoms with E-state index in [0.717, 1.165) is 5.56 Å². The van der Waals surface area contributed by atoms with Crippen LogP contribution in [0, 0.1) is 4.77 Å². The van der Waals surface area contributed by atoms with Crippen LogP contribution in [0.4, 0.5) is 5.82 Å². The van der Waals surface area contributed by atoms with E-state index in [1.807, 2.05) is 6.07 Å². The molecule has 1 aromatic carbocycles. The van der Waals surface area contributed by atoms with Crippen molar-refractivity contribution >= 4 is 35.9 Å². The molecule has 20 heavy (non-hydrogen) atoms. The van der Waals surface area contributed by atoms with Crippen LogP contribution in [-0.4, -0.2) is 23.4 Å². The summed E-state index contributed by atoms with van der Waals surface area (Å²) in [4.78, 5) is 17.6. The summed E-state index contributed by atoms with van der Waals surface area (Å²) in [6.07, 6.45) is 2.14. The van der Waals surface area contributed by atoms with Gasteiger partial charge in [-0.1, -0.05) is 17.7 Å². The first-order chi connectivity index (χ1) is 9.63. The molecule has 0 unspecified atom stereocenters. The highest BCUT2D eigenvalue weighted by atomic mass is 35.5. The smallest absolute Gasteiger partial charge is 0.198 e. The zero-order valence-electron chi connectivity index (χ0n) is 10.6. The van der Waals surface area contributed by atoms with Crippen LogP contribution in [-0.2, 0) is 6.54 Å². The third-order valence-electron chi connectivity index (χ3n) is 2.65. The SMILES string of the molecule is COc1ccc(CNc2[nH]c(=S)ncc2C=O)cc1Cl. The molecule has 1 aromatic heterocycles. The first-order valence-corrected chi connectivity index (χ1v) is 6.53. The van der Waals surface area contributed by atoms with Gasteiger partial charge in [-0.3, -0.25) is 4.79 Å². The number of carbonyl (C=O) groups is 1. The van der Waals surface area contributed by atoms with Gasteiger partial charge in [0.25, 0.3) is 0 Å². The summed E-state index contributed by atoms with van der Waals surface area (Å²) in [5.41, 5.74) is 1.36. The number of ether oxygens (including phenoxy) is 1. The van der Waals surface area contributed by atoms with Crippen LogP contribution < -0.4 is 10.1 Å². The number of anilines is 1. The Bertz CT molecular complexity index is 688. The van der Waals surface area contributed by atoms with Crippen molar-refractivity contribution in [3.05, 3.63) is 45.3 Å². The first kappa shape index (κ1) is 14.5. The summed E-state index contributed by atoms with van der Waals surface area (Å²) < 4.78 is 5.40. The van der Waals surface area contributed by atoms with Crippen LogP contribution in [0.5, 0.6) is 5.75 Å². The Labute approximate surface area is 126 Å². The third-order valence-corrected chi connectivity index (χ3v) is 3.16. The number of methoxy groups -OCH3 is 1. The Morgan fingerprint density at radius 3 is 3.00 bits per heavy atom. The molecule has 7 heteroatoms. The highest BCUT2D eigenvalue weighted by Crippen LogP contribution is 2.25. The Balaban J connectivity index is 2.16. The molecule has 1 heterocycles. The molecule has 2 N–H and O–H groups in total. The topological polar surface area (TPSA) is 67.0 Å². The Morgan fingerprint density at radius 2 is 2.35 bits per heavy atom. The second-order valence-corrected chi connectivity index (χ2v) is 4.75. The van der Waals surface area contributed by atoms with Gasteiger partial charge in [0, 0.05) is 12.7 Å². The van der Waals surface area contributed by atoms with E-state index in [-0.39, 0.29) is 0 Å². The highest BCUT2D eigenvalue weighted by Gasteiger charge is 2.04. The molecule has 5 nitrogen and oxygen atoms in total. The van der Waals surface area contributed by atoms with Crippen LogP contribution in [0.2, 0.25) is 5.02 Å². The number of nitrogens with one attached hydrogen (secondary N) is 2. The van der Waals surface area contributed by atoms with Gasteiger partial charge in [0.2, 0.25) is 0 Å². The quantitative estimate of drug-likeness (QED) is 0.655. The monoisotopic (exact) mass is 309 g/mol. The number of benzene rings is 1. The Kier molecular flexibility index (Phi) is 4.70. The van der Waals surface area contributed by atoms with E-state index in [1.54, 1.807) is 19.2 Å². The Morgan fingerprint density at radius 1 is 1.55 bits per heavy atom. The van der Waals surface area contributed by atoms with Gasteiger partial charge >= 0.3 is 0 Å². The van der Waals surface area contributed by atoms with Crippen LogP contribution in [0.25, 0.3) is 0 Å². The lowest BCUT2D eigenvalue weighted by Crippen LogP contribution is -2.05. The molecule has 0 atom stereocenters. The van der Waals surface area contributed by atoms with Crippen molar-refractivity contribution in [1.29, 1.82) is 0 Å². The van der Waals surface area contributed by atoms with Crippen molar-refractivity contribution in [3.63, 3.8) is 0 Å². The molecule has 0 saturated heterocycles. The van der Waals surface area contributed by atoms with Gasteiger partial charge in [-0.25, -0.2) is 4.98 Å². The largest absolute Gasteiger partial charge is 0.495 e. The van der Waals surface area contributed by atoms with Crippen molar-refractivity contribution in [3.8, 4) is 5.75 Å². The molecule has 0 amide bonds. The maximum absolute atomic E-state index is 10.9. The highest BCUT2D eigenvalue weighted by molar-refractivity contribution is 7.71. The summed E-state index contributed by atoms with van der Waals surface area (Å²) >= 11 is 11.0.